The highest BCUT2D eigenvalue weighted by Crippen LogP contribution is 2.30. The maximum atomic E-state index is 12.4. The van der Waals surface area contributed by atoms with E-state index in [-0.39, 0.29) is 10.5 Å². The third-order valence-electron chi connectivity index (χ3n) is 2.70. The van der Waals surface area contributed by atoms with Crippen molar-refractivity contribution in [1.82, 2.24) is 0 Å². The van der Waals surface area contributed by atoms with Crippen LogP contribution in [0.25, 0.3) is 0 Å². The molecule has 21 heavy (non-hydrogen) atoms. The molecule has 0 aliphatic carbocycles. The summed E-state index contributed by atoms with van der Waals surface area (Å²) in [5, 5.41) is 9.02. The Kier molecular flexibility index (Phi) is 4.50. The lowest BCUT2D eigenvalue weighted by atomic mass is 10.2. The van der Waals surface area contributed by atoms with Crippen LogP contribution in [0, 0.1) is 11.3 Å². The van der Waals surface area contributed by atoms with Crippen LogP contribution < -0.4 is 9.46 Å². The number of anilines is 1. The fraction of sp³-hybridized carbons (Fsp3) is 0.0714. The highest BCUT2D eigenvalue weighted by molar-refractivity contribution is 9.10. The van der Waals surface area contributed by atoms with Gasteiger partial charge in [0.1, 0.15) is 16.7 Å². The van der Waals surface area contributed by atoms with Crippen molar-refractivity contribution in [3.63, 3.8) is 0 Å². The van der Waals surface area contributed by atoms with Crippen LogP contribution in [0.5, 0.6) is 5.75 Å². The van der Waals surface area contributed by atoms with Gasteiger partial charge in [0.25, 0.3) is 10.0 Å². The van der Waals surface area contributed by atoms with Crippen LogP contribution in [0.15, 0.2) is 51.8 Å². The summed E-state index contributed by atoms with van der Waals surface area (Å²) in [7, 11) is -2.43. The van der Waals surface area contributed by atoms with Gasteiger partial charge in [-0.05, 0) is 30.3 Å². The minimum atomic E-state index is -3.88. The highest BCUT2D eigenvalue weighted by atomic mass is 79.9. The van der Waals surface area contributed by atoms with Crippen molar-refractivity contribution in [3.05, 3.63) is 52.5 Å². The molecule has 7 heteroatoms. The van der Waals surface area contributed by atoms with Gasteiger partial charge in [-0.1, -0.05) is 28.1 Å². The lowest BCUT2D eigenvalue weighted by molar-refractivity contribution is 0.417. The molecule has 0 saturated carbocycles. The van der Waals surface area contributed by atoms with Crippen LogP contribution in [0.1, 0.15) is 5.56 Å². The first-order valence-corrected chi connectivity index (χ1v) is 8.11. The van der Waals surface area contributed by atoms with Crippen molar-refractivity contribution in [3.8, 4) is 11.8 Å². The van der Waals surface area contributed by atoms with E-state index in [4.69, 9.17) is 10.00 Å². The third kappa shape index (κ3) is 3.35. The van der Waals surface area contributed by atoms with E-state index >= 15 is 0 Å². The number of methoxy groups -OCH3 is 1. The van der Waals surface area contributed by atoms with Gasteiger partial charge in [-0.3, -0.25) is 4.72 Å². The van der Waals surface area contributed by atoms with Crippen molar-refractivity contribution in [1.29, 1.82) is 5.26 Å². The van der Waals surface area contributed by atoms with Crippen molar-refractivity contribution >= 4 is 31.6 Å². The molecule has 0 unspecified atom stereocenters. The molecule has 2 rings (SSSR count). The second-order valence-corrected chi connectivity index (χ2v) is 6.62. The van der Waals surface area contributed by atoms with E-state index < -0.39 is 10.0 Å². The molecule has 2 aromatic rings. The normalized spacial score (nSPS) is 10.7. The molecule has 0 aliphatic rings. The van der Waals surface area contributed by atoms with Crippen molar-refractivity contribution in [2.75, 3.05) is 11.8 Å². The van der Waals surface area contributed by atoms with Gasteiger partial charge < -0.3 is 4.74 Å². The Balaban J connectivity index is 2.48. The molecule has 0 spiro atoms. The molecule has 0 atom stereocenters. The van der Waals surface area contributed by atoms with Gasteiger partial charge in [-0.2, -0.15) is 5.26 Å². The number of sulfonamides is 1. The van der Waals surface area contributed by atoms with Gasteiger partial charge in [0.15, 0.2) is 0 Å². The number of hydrogen-bond acceptors (Lipinski definition) is 4. The fourth-order valence-electron chi connectivity index (χ4n) is 1.75. The van der Waals surface area contributed by atoms with Crippen LogP contribution in [-0.2, 0) is 10.0 Å². The maximum absolute atomic E-state index is 12.4. The van der Waals surface area contributed by atoms with Gasteiger partial charge in [0, 0.05) is 4.47 Å². The molecular weight excluding hydrogens is 356 g/mol. The Morgan fingerprint density at radius 1 is 1.24 bits per heavy atom. The molecule has 0 fully saturated rings. The van der Waals surface area contributed by atoms with E-state index in [1.165, 1.54) is 19.2 Å². The lowest BCUT2D eigenvalue weighted by Crippen LogP contribution is -2.15. The summed E-state index contributed by atoms with van der Waals surface area (Å²) in [6.45, 7) is 0. The maximum Gasteiger partial charge on any atom is 0.263 e. The summed E-state index contributed by atoms with van der Waals surface area (Å²) < 4.78 is 33.1. The number of nitrogens with zero attached hydrogens (tertiary/aromatic N) is 1. The van der Waals surface area contributed by atoms with Crippen LogP contribution in [0.4, 0.5) is 5.69 Å². The zero-order valence-corrected chi connectivity index (χ0v) is 13.4. The molecular formula is C14H11BrN2O3S. The Hall–Kier alpha value is -2.04. The molecule has 0 amide bonds. The van der Waals surface area contributed by atoms with E-state index in [0.717, 1.165) is 0 Å². The van der Waals surface area contributed by atoms with Gasteiger partial charge in [-0.25, -0.2) is 8.42 Å². The summed E-state index contributed by atoms with van der Waals surface area (Å²) in [4.78, 5) is -0.0745. The van der Waals surface area contributed by atoms with Crippen LogP contribution in [0.3, 0.4) is 0 Å². The highest BCUT2D eigenvalue weighted by Gasteiger charge is 2.20. The zero-order chi connectivity index (χ0) is 15.5. The molecule has 0 radical (unpaired) electrons. The first-order valence-electron chi connectivity index (χ1n) is 5.83. The minimum Gasteiger partial charge on any atom is -0.495 e. The minimum absolute atomic E-state index is 0.0745. The van der Waals surface area contributed by atoms with Crippen molar-refractivity contribution in [2.45, 2.75) is 4.90 Å². The van der Waals surface area contributed by atoms with E-state index in [1.807, 2.05) is 6.07 Å². The quantitative estimate of drug-likeness (QED) is 0.901. The van der Waals surface area contributed by atoms with Crippen molar-refractivity contribution < 1.29 is 13.2 Å². The van der Waals surface area contributed by atoms with Gasteiger partial charge in [-0.15, -0.1) is 0 Å². The predicted octanol–water partition coefficient (Wildman–Crippen LogP) is 3.13. The Labute approximate surface area is 131 Å². The average molecular weight is 367 g/mol. The number of nitriles is 1. The van der Waals surface area contributed by atoms with Gasteiger partial charge in [0.05, 0.1) is 18.4 Å². The first kappa shape index (κ1) is 15.4. The molecule has 0 bridgehead atoms. The molecule has 0 heterocycles. The number of benzene rings is 2. The second-order valence-electron chi connectivity index (χ2n) is 4.06. The summed E-state index contributed by atoms with van der Waals surface area (Å²) >= 11 is 3.27. The summed E-state index contributed by atoms with van der Waals surface area (Å²) in [5.74, 6) is 0.385. The largest absolute Gasteiger partial charge is 0.495 e. The second kappa shape index (κ2) is 6.16. The van der Waals surface area contributed by atoms with Gasteiger partial charge in [0.2, 0.25) is 0 Å². The number of ether oxygens (including phenoxy) is 1. The van der Waals surface area contributed by atoms with Crippen LogP contribution >= 0.6 is 15.9 Å². The topological polar surface area (TPSA) is 79.2 Å². The summed E-state index contributed by atoms with van der Waals surface area (Å²) in [6.07, 6.45) is 0. The van der Waals surface area contributed by atoms with Crippen LogP contribution in [0.2, 0.25) is 0 Å². The number of rotatable bonds is 4. The summed E-state index contributed by atoms with van der Waals surface area (Å²) in [5.41, 5.74) is 0.374. The average Bonchev–Trinajstić information content (AvgIpc) is 2.47. The number of hydrogen-bond donors (Lipinski definition) is 1. The summed E-state index contributed by atoms with van der Waals surface area (Å²) in [6, 6.07) is 12.8. The zero-order valence-electron chi connectivity index (χ0n) is 11.0. The Morgan fingerprint density at radius 2 is 1.95 bits per heavy atom. The Morgan fingerprint density at radius 3 is 2.62 bits per heavy atom. The van der Waals surface area contributed by atoms with E-state index in [1.54, 1.807) is 30.3 Å². The SMILES string of the molecule is COc1ccc(Br)cc1NS(=O)(=O)c1ccccc1C#N. The van der Waals surface area contributed by atoms with Crippen molar-refractivity contribution in [2.24, 2.45) is 0 Å². The van der Waals surface area contributed by atoms with E-state index in [2.05, 4.69) is 20.7 Å². The first-order chi connectivity index (χ1) is 9.97. The molecule has 0 saturated heterocycles. The Bertz CT molecular complexity index is 813. The predicted molar refractivity (Wildman–Crippen MR) is 82.7 cm³/mol. The number of halogens is 1. The lowest BCUT2D eigenvalue weighted by Gasteiger charge is -2.12. The molecule has 108 valence electrons. The van der Waals surface area contributed by atoms with E-state index in [9.17, 15) is 8.42 Å². The molecule has 1 N–H and O–H groups in total. The van der Waals surface area contributed by atoms with Crippen LogP contribution in [-0.4, -0.2) is 15.5 Å². The van der Waals surface area contributed by atoms with E-state index in [0.29, 0.717) is 15.9 Å². The molecule has 0 aliphatic heterocycles. The standard InChI is InChI=1S/C14H11BrN2O3S/c1-20-13-7-6-11(15)8-12(13)17-21(18,19)14-5-3-2-4-10(14)9-16/h2-8,17H,1H3. The molecule has 2 aromatic carbocycles. The molecule has 0 aromatic heterocycles. The monoisotopic (exact) mass is 366 g/mol. The third-order valence-corrected chi connectivity index (χ3v) is 4.62. The smallest absolute Gasteiger partial charge is 0.263 e. The van der Waals surface area contributed by atoms with Gasteiger partial charge >= 0.3 is 0 Å². The fourth-order valence-corrected chi connectivity index (χ4v) is 3.33. The number of nitrogens with one attached hydrogen (secondary N) is 1. The molecule has 5 nitrogen and oxygen atoms in total.